The number of rotatable bonds is 7. The first-order valence-corrected chi connectivity index (χ1v) is 10.3. The first-order chi connectivity index (χ1) is 13.5. The number of benzene rings is 2. The number of carbonyl (C=O) groups is 2. The molecule has 0 saturated carbocycles. The number of carbonyl (C=O) groups excluding carboxylic acids is 2. The Bertz CT molecular complexity index is 1020. The third-order valence-electron chi connectivity index (χ3n) is 3.97. The zero-order valence-electron chi connectivity index (χ0n) is 15.1. The number of Topliss-reactive ketones (excluding diaryl/α,β-unsaturated/α-hetero) is 1. The van der Waals surface area contributed by atoms with Gasteiger partial charge in [-0.25, -0.2) is 4.98 Å². The zero-order chi connectivity index (χ0) is 20.1. The van der Waals surface area contributed by atoms with Crippen LogP contribution in [-0.2, 0) is 9.53 Å². The highest BCUT2D eigenvalue weighted by atomic mass is 79.9. The summed E-state index contributed by atoms with van der Waals surface area (Å²) < 4.78 is 5.24. The van der Waals surface area contributed by atoms with Crippen molar-refractivity contribution in [2.75, 3.05) is 6.61 Å². The number of hydrogen-bond acceptors (Lipinski definition) is 6. The van der Waals surface area contributed by atoms with Gasteiger partial charge in [-0.3, -0.25) is 9.59 Å². The zero-order valence-corrected chi connectivity index (χ0v) is 17.5. The molecule has 0 amide bonds. The number of fused-ring (bicyclic) bond motifs is 1. The van der Waals surface area contributed by atoms with E-state index in [-0.39, 0.29) is 30.9 Å². The van der Waals surface area contributed by atoms with Gasteiger partial charge < -0.3 is 9.84 Å². The van der Waals surface area contributed by atoms with Gasteiger partial charge in [-0.1, -0.05) is 30.0 Å². The summed E-state index contributed by atoms with van der Waals surface area (Å²) in [7, 11) is 0. The second-order valence-electron chi connectivity index (χ2n) is 5.95. The Labute approximate surface area is 175 Å². The van der Waals surface area contributed by atoms with Crippen LogP contribution in [0.1, 0.15) is 30.3 Å². The molecule has 0 aliphatic carbocycles. The number of halogens is 1. The summed E-state index contributed by atoms with van der Waals surface area (Å²) in [6.45, 7) is 1.97. The van der Waals surface area contributed by atoms with Crippen molar-refractivity contribution in [1.82, 2.24) is 4.98 Å². The SMILES string of the molecule is CCOC(=O)CCC(=O)c1nc2ccc(Sc3ccccc3)cc2c(Br)c1O. The molecule has 0 fully saturated rings. The highest BCUT2D eigenvalue weighted by Crippen LogP contribution is 2.37. The fourth-order valence-electron chi connectivity index (χ4n) is 2.64. The van der Waals surface area contributed by atoms with Crippen LogP contribution in [0.5, 0.6) is 5.75 Å². The Morgan fingerprint density at radius 2 is 1.86 bits per heavy atom. The summed E-state index contributed by atoms with van der Waals surface area (Å²) in [5.41, 5.74) is 0.536. The van der Waals surface area contributed by atoms with Crippen molar-refractivity contribution in [2.45, 2.75) is 29.6 Å². The van der Waals surface area contributed by atoms with E-state index in [0.717, 1.165) is 9.79 Å². The predicted octanol–water partition coefficient (Wildman–Crippen LogP) is 5.38. The van der Waals surface area contributed by atoms with E-state index in [2.05, 4.69) is 20.9 Å². The fraction of sp³-hybridized carbons (Fsp3) is 0.190. The van der Waals surface area contributed by atoms with E-state index in [9.17, 15) is 14.7 Å². The number of nitrogens with zero attached hydrogens (tertiary/aromatic N) is 1. The highest BCUT2D eigenvalue weighted by Gasteiger charge is 2.20. The lowest BCUT2D eigenvalue weighted by atomic mass is 10.1. The fourth-order valence-corrected chi connectivity index (χ4v) is 4.03. The van der Waals surface area contributed by atoms with Crippen LogP contribution in [0.3, 0.4) is 0 Å². The van der Waals surface area contributed by atoms with E-state index < -0.39 is 11.8 Å². The monoisotopic (exact) mass is 459 g/mol. The van der Waals surface area contributed by atoms with E-state index >= 15 is 0 Å². The minimum atomic E-state index is -0.447. The Morgan fingerprint density at radius 1 is 1.11 bits per heavy atom. The third kappa shape index (κ3) is 4.72. The largest absolute Gasteiger partial charge is 0.504 e. The number of aromatic hydroxyl groups is 1. The van der Waals surface area contributed by atoms with Gasteiger partial charge in [0.15, 0.2) is 11.5 Å². The van der Waals surface area contributed by atoms with E-state index in [1.165, 1.54) is 0 Å². The standard InChI is InChI=1S/C21H18BrNO4S/c1-2-27-18(25)11-10-17(24)20-21(26)19(22)15-12-14(8-9-16(15)23-20)28-13-6-4-3-5-7-13/h3-9,12,26H,2,10-11H2,1H3. The van der Waals surface area contributed by atoms with Gasteiger partial charge in [0, 0.05) is 21.6 Å². The van der Waals surface area contributed by atoms with Crippen molar-refractivity contribution in [3.05, 3.63) is 58.7 Å². The van der Waals surface area contributed by atoms with Crippen LogP contribution in [0.2, 0.25) is 0 Å². The molecule has 144 valence electrons. The molecule has 0 bridgehead atoms. The average molecular weight is 460 g/mol. The number of ketones is 1. The van der Waals surface area contributed by atoms with Crippen LogP contribution >= 0.6 is 27.7 Å². The lowest BCUT2D eigenvalue weighted by Crippen LogP contribution is -2.09. The van der Waals surface area contributed by atoms with Crippen LogP contribution in [0, 0.1) is 0 Å². The quantitative estimate of drug-likeness (QED) is 0.377. The number of esters is 1. The molecule has 28 heavy (non-hydrogen) atoms. The molecule has 2 aromatic carbocycles. The topological polar surface area (TPSA) is 76.5 Å². The summed E-state index contributed by atoms with van der Waals surface area (Å²) in [4.78, 5) is 30.3. The van der Waals surface area contributed by atoms with Crippen LogP contribution in [0.15, 0.2) is 62.8 Å². The molecule has 1 heterocycles. The van der Waals surface area contributed by atoms with Crippen LogP contribution in [0.25, 0.3) is 10.9 Å². The van der Waals surface area contributed by atoms with E-state index in [4.69, 9.17) is 4.74 Å². The van der Waals surface area contributed by atoms with E-state index in [0.29, 0.717) is 15.4 Å². The van der Waals surface area contributed by atoms with Crippen molar-refractivity contribution in [1.29, 1.82) is 0 Å². The lowest BCUT2D eigenvalue weighted by Gasteiger charge is -2.10. The molecular weight excluding hydrogens is 442 g/mol. The maximum absolute atomic E-state index is 12.4. The Hall–Kier alpha value is -2.38. The van der Waals surface area contributed by atoms with Crippen molar-refractivity contribution in [3.63, 3.8) is 0 Å². The molecule has 0 aliphatic heterocycles. The molecule has 3 aromatic rings. The van der Waals surface area contributed by atoms with E-state index in [1.807, 2.05) is 48.5 Å². The molecule has 7 heteroatoms. The molecule has 0 radical (unpaired) electrons. The maximum Gasteiger partial charge on any atom is 0.306 e. The molecule has 3 rings (SSSR count). The molecule has 1 aromatic heterocycles. The van der Waals surface area contributed by atoms with Gasteiger partial charge in [-0.05, 0) is 53.2 Å². The van der Waals surface area contributed by atoms with Crippen LogP contribution < -0.4 is 0 Å². The minimum Gasteiger partial charge on any atom is -0.504 e. The highest BCUT2D eigenvalue weighted by molar-refractivity contribution is 9.10. The second-order valence-corrected chi connectivity index (χ2v) is 7.89. The Balaban J connectivity index is 1.87. The molecule has 0 spiro atoms. The molecule has 0 unspecified atom stereocenters. The minimum absolute atomic E-state index is 0.0455. The van der Waals surface area contributed by atoms with Crippen molar-refractivity contribution in [2.24, 2.45) is 0 Å². The first-order valence-electron chi connectivity index (χ1n) is 8.73. The molecular formula is C21H18BrNO4S. The number of pyridine rings is 1. The molecule has 0 aliphatic rings. The van der Waals surface area contributed by atoms with Gasteiger partial charge in [0.25, 0.3) is 0 Å². The van der Waals surface area contributed by atoms with Gasteiger partial charge in [0.05, 0.1) is 23.0 Å². The molecule has 0 atom stereocenters. The summed E-state index contributed by atoms with van der Waals surface area (Å²) in [5.74, 6) is -1.07. The Kier molecular flexibility index (Phi) is 6.70. The summed E-state index contributed by atoms with van der Waals surface area (Å²) >= 11 is 4.98. The van der Waals surface area contributed by atoms with E-state index in [1.54, 1.807) is 18.7 Å². The van der Waals surface area contributed by atoms with Gasteiger partial charge in [0.1, 0.15) is 5.69 Å². The Morgan fingerprint density at radius 3 is 2.57 bits per heavy atom. The van der Waals surface area contributed by atoms with Gasteiger partial charge in [-0.15, -0.1) is 0 Å². The summed E-state index contributed by atoms with van der Waals surface area (Å²) in [6.07, 6.45) is -0.116. The average Bonchev–Trinajstić information content (AvgIpc) is 2.70. The normalized spacial score (nSPS) is 10.8. The summed E-state index contributed by atoms with van der Waals surface area (Å²) in [5, 5.41) is 11.2. The first kappa shape index (κ1) is 20.4. The van der Waals surface area contributed by atoms with Gasteiger partial charge >= 0.3 is 5.97 Å². The van der Waals surface area contributed by atoms with Crippen molar-refractivity contribution < 1.29 is 19.4 Å². The lowest BCUT2D eigenvalue weighted by molar-refractivity contribution is -0.143. The van der Waals surface area contributed by atoms with Gasteiger partial charge in [-0.2, -0.15) is 0 Å². The van der Waals surface area contributed by atoms with Crippen molar-refractivity contribution in [3.8, 4) is 5.75 Å². The third-order valence-corrected chi connectivity index (χ3v) is 5.77. The number of hydrogen-bond donors (Lipinski definition) is 1. The van der Waals surface area contributed by atoms with Crippen LogP contribution in [-0.4, -0.2) is 28.4 Å². The number of ether oxygens (including phenoxy) is 1. The number of aromatic nitrogens is 1. The molecule has 1 N–H and O–H groups in total. The van der Waals surface area contributed by atoms with Crippen molar-refractivity contribution >= 4 is 50.3 Å². The molecule has 5 nitrogen and oxygen atoms in total. The van der Waals surface area contributed by atoms with Crippen LogP contribution in [0.4, 0.5) is 0 Å². The summed E-state index contributed by atoms with van der Waals surface area (Å²) in [6, 6.07) is 15.6. The maximum atomic E-state index is 12.4. The predicted molar refractivity (Wildman–Crippen MR) is 112 cm³/mol. The van der Waals surface area contributed by atoms with Gasteiger partial charge in [0.2, 0.25) is 0 Å². The second kappa shape index (κ2) is 9.21. The molecule has 0 saturated heterocycles. The smallest absolute Gasteiger partial charge is 0.306 e.